The molecule has 0 fully saturated rings. The predicted octanol–water partition coefficient (Wildman–Crippen LogP) is 3.05. The molecule has 0 unspecified atom stereocenters. The number of benzene rings is 1. The highest BCUT2D eigenvalue weighted by Gasteiger charge is 2.03. The molecule has 2 aromatic rings. The maximum atomic E-state index is 11.7. The zero-order chi connectivity index (χ0) is 14.2. The van der Waals surface area contributed by atoms with E-state index in [1.54, 1.807) is 17.3 Å². The van der Waals surface area contributed by atoms with Crippen LogP contribution >= 0.6 is 35.5 Å². The normalized spacial score (nSPS) is 9.95. The number of nitrogens with zero attached hydrogens (tertiary/aromatic N) is 2. The first-order valence-electron chi connectivity index (χ1n) is 6.26. The number of carbonyl (C=O) groups is 1. The van der Waals surface area contributed by atoms with E-state index in [0.717, 1.165) is 27.9 Å². The van der Waals surface area contributed by atoms with Crippen molar-refractivity contribution in [1.29, 1.82) is 0 Å². The van der Waals surface area contributed by atoms with Gasteiger partial charge in [0.2, 0.25) is 5.91 Å². The van der Waals surface area contributed by atoms with Crippen molar-refractivity contribution in [2.24, 2.45) is 0 Å². The van der Waals surface area contributed by atoms with Gasteiger partial charge in [-0.25, -0.2) is 0 Å². The quantitative estimate of drug-likeness (QED) is 0.756. The number of hydrogen-bond donors (Lipinski definition) is 2. The summed E-state index contributed by atoms with van der Waals surface area (Å²) in [7, 11) is 1.88. The van der Waals surface area contributed by atoms with Crippen molar-refractivity contribution in [3.05, 3.63) is 29.8 Å². The zero-order valence-electron chi connectivity index (χ0n) is 11.5. The lowest BCUT2D eigenvalue weighted by molar-refractivity contribution is -0.116. The Hall–Kier alpha value is -1.15. The van der Waals surface area contributed by atoms with Gasteiger partial charge in [0.15, 0.2) is 4.34 Å². The van der Waals surface area contributed by atoms with Gasteiger partial charge in [-0.2, -0.15) is 0 Å². The largest absolute Gasteiger partial charge is 0.326 e. The maximum absolute atomic E-state index is 11.7. The molecular formula is C13H17ClN4OS2. The van der Waals surface area contributed by atoms with Crippen LogP contribution in [0.3, 0.4) is 0 Å². The third kappa shape index (κ3) is 6.43. The minimum atomic E-state index is 0. The lowest BCUT2D eigenvalue weighted by Crippen LogP contribution is -2.15. The molecule has 114 valence electrons. The molecule has 0 saturated carbocycles. The Balaban J connectivity index is 0.00000220. The number of aromatic nitrogens is 2. The van der Waals surface area contributed by atoms with Gasteiger partial charge >= 0.3 is 0 Å². The minimum absolute atomic E-state index is 0. The third-order valence-electron chi connectivity index (χ3n) is 2.51. The first-order valence-corrected chi connectivity index (χ1v) is 7.96. The van der Waals surface area contributed by atoms with E-state index in [1.807, 2.05) is 31.3 Å². The van der Waals surface area contributed by atoms with Crippen molar-refractivity contribution in [2.75, 3.05) is 18.9 Å². The van der Waals surface area contributed by atoms with E-state index < -0.39 is 0 Å². The molecule has 1 aromatic carbocycles. The van der Waals surface area contributed by atoms with Crippen LogP contribution in [0.2, 0.25) is 0 Å². The van der Waals surface area contributed by atoms with Gasteiger partial charge in [0.05, 0.1) is 0 Å². The number of carbonyl (C=O) groups excluding carboxylic acids is 1. The van der Waals surface area contributed by atoms with Gasteiger partial charge in [-0.15, -0.1) is 22.6 Å². The molecule has 1 aromatic heterocycles. The van der Waals surface area contributed by atoms with Crippen LogP contribution in [0.15, 0.2) is 39.0 Å². The molecule has 1 amide bonds. The second kappa shape index (κ2) is 9.73. The summed E-state index contributed by atoms with van der Waals surface area (Å²) in [4.78, 5) is 12.7. The molecule has 0 radical (unpaired) electrons. The second-order valence-corrected chi connectivity index (χ2v) is 6.24. The topological polar surface area (TPSA) is 66.9 Å². The lowest BCUT2D eigenvalue weighted by Gasteiger charge is -2.06. The van der Waals surface area contributed by atoms with Gasteiger partial charge in [0, 0.05) is 17.0 Å². The van der Waals surface area contributed by atoms with Gasteiger partial charge in [0.1, 0.15) is 5.51 Å². The molecule has 5 nitrogen and oxygen atoms in total. The Kier molecular flexibility index (Phi) is 8.29. The summed E-state index contributed by atoms with van der Waals surface area (Å²) in [5, 5.41) is 13.7. The molecule has 0 spiro atoms. The predicted molar refractivity (Wildman–Crippen MR) is 89.5 cm³/mol. The third-order valence-corrected chi connectivity index (χ3v) is 4.30. The van der Waals surface area contributed by atoms with E-state index in [-0.39, 0.29) is 18.3 Å². The molecule has 2 N–H and O–H groups in total. The fourth-order valence-electron chi connectivity index (χ4n) is 1.56. The van der Waals surface area contributed by atoms with Crippen molar-refractivity contribution in [1.82, 2.24) is 15.5 Å². The summed E-state index contributed by atoms with van der Waals surface area (Å²) >= 11 is 3.07. The highest BCUT2D eigenvalue weighted by molar-refractivity contribution is 8.01. The molecule has 0 bridgehead atoms. The fourth-order valence-corrected chi connectivity index (χ4v) is 3.01. The van der Waals surface area contributed by atoms with Crippen molar-refractivity contribution >= 4 is 47.1 Å². The Morgan fingerprint density at radius 3 is 2.71 bits per heavy atom. The summed E-state index contributed by atoms with van der Waals surface area (Å²) in [6.07, 6.45) is 1.37. The van der Waals surface area contributed by atoms with E-state index in [9.17, 15) is 4.79 Å². The summed E-state index contributed by atoms with van der Waals surface area (Å²) in [6.45, 7) is 0.852. The van der Waals surface area contributed by atoms with E-state index >= 15 is 0 Å². The molecule has 0 aliphatic rings. The van der Waals surface area contributed by atoms with Gasteiger partial charge in [-0.05, 0) is 44.3 Å². The Morgan fingerprint density at radius 2 is 2.10 bits per heavy atom. The van der Waals surface area contributed by atoms with Crippen LogP contribution in [0.5, 0.6) is 0 Å². The summed E-state index contributed by atoms with van der Waals surface area (Å²) in [5.74, 6) is 0.0461. The molecule has 2 rings (SSSR count). The highest BCUT2D eigenvalue weighted by Crippen LogP contribution is 2.29. The maximum Gasteiger partial charge on any atom is 0.224 e. The summed E-state index contributed by atoms with van der Waals surface area (Å²) in [5.41, 5.74) is 2.53. The van der Waals surface area contributed by atoms with Gasteiger partial charge in [-0.3, -0.25) is 4.79 Å². The van der Waals surface area contributed by atoms with Crippen molar-refractivity contribution in [3.63, 3.8) is 0 Å². The molecule has 1 heterocycles. The number of rotatable bonds is 7. The van der Waals surface area contributed by atoms with E-state index in [4.69, 9.17) is 0 Å². The van der Waals surface area contributed by atoms with Crippen LogP contribution in [0.4, 0.5) is 5.69 Å². The second-order valence-electron chi connectivity index (χ2n) is 4.09. The minimum Gasteiger partial charge on any atom is -0.326 e. The SMILES string of the molecule is CNCCCC(=O)Nc1ccc(Sc2nncs2)cc1.Cl. The molecule has 0 aliphatic carbocycles. The zero-order valence-corrected chi connectivity index (χ0v) is 14.0. The Bertz CT molecular complexity index is 534. The first kappa shape index (κ1) is 17.9. The van der Waals surface area contributed by atoms with Crippen LogP contribution in [-0.2, 0) is 4.79 Å². The van der Waals surface area contributed by atoms with Gasteiger partial charge in [-0.1, -0.05) is 23.1 Å². The van der Waals surface area contributed by atoms with E-state index in [0.29, 0.717) is 6.42 Å². The highest BCUT2D eigenvalue weighted by atomic mass is 35.5. The standard InChI is InChI=1S/C13H16N4OS2.ClH/c1-14-8-2-3-12(18)16-10-4-6-11(7-5-10)20-13-17-15-9-19-13;/h4-7,9,14H,2-3,8H2,1H3,(H,16,18);1H. The number of nitrogens with one attached hydrogen (secondary N) is 2. The molecule has 21 heavy (non-hydrogen) atoms. The van der Waals surface area contributed by atoms with Crippen LogP contribution in [-0.4, -0.2) is 29.7 Å². The Labute approximate surface area is 138 Å². The number of hydrogen-bond acceptors (Lipinski definition) is 6. The van der Waals surface area contributed by atoms with Crippen molar-refractivity contribution in [3.8, 4) is 0 Å². The Morgan fingerprint density at radius 1 is 1.33 bits per heavy atom. The van der Waals surface area contributed by atoms with Gasteiger partial charge in [0.25, 0.3) is 0 Å². The first-order chi connectivity index (χ1) is 9.78. The van der Waals surface area contributed by atoms with Crippen LogP contribution in [0.25, 0.3) is 0 Å². The number of halogens is 1. The summed E-state index contributed by atoms with van der Waals surface area (Å²) in [6, 6.07) is 7.74. The number of anilines is 1. The monoisotopic (exact) mass is 344 g/mol. The molecule has 0 aliphatic heterocycles. The summed E-state index contributed by atoms with van der Waals surface area (Å²) < 4.78 is 0.911. The molecule has 0 atom stereocenters. The smallest absolute Gasteiger partial charge is 0.224 e. The average molecular weight is 345 g/mol. The van der Waals surface area contributed by atoms with Crippen molar-refractivity contribution < 1.29 is 4.79 Å². The molecular weight excluding hydrogens is 328 g/mol. The fraction of sp³-hybridized carbons (Fsp3) is 0.308. The average Bonchev–Trinajstić information content (AvgIpc) is 2.94. The van der Waals surface area contributed by atoms with Crippen LogP contribution in [0, 0.1) is 0 Å². The van der Waals surface area contributed by atoms with Crippen LogP contribution in [0.1, 0.15) is 12.8 Å². The van der Waals surface area contributed by atoms with Crippen LogP contribution < -0.4 is 10.6 Å². The van der Waals surface area contributed by atoms with Gasteiger partial charge < -0.3 is 10.6 Å². The van der Waals surface area contributed by atoms with E-state index in [1.165, 1.54) is 11.3 Å². The lowest BCUT2D eigenvalue weighted by atomic mass is 10.2. The van der Waals surface area contributed by atoms with E-state index in [2.05, 4.69) is 20.8 Å². The molecule has 0 saturated heterocycles. The number of amides is 1. The molecule has 8 heteroatoms. The van der Waals surface area contributed by atoms with Crippen molar-refractivity contribution in [2.45, 2.75) is 22.1 Å².